The maximum atomic E-state index is 3.56. The standard InChI is InChI=1S/C43H27NS2/c1-2-6-31-22-35(21-30(31)5-1)28-11-9-27(10-12-28)33-17-19-36-41(25-33)46-43-37-23-32(18-20-40(37)45-42(36)43)26-13-15-29(16-14-26)39-24-34-7-3-4-8-38(34)44-39/h1-21,23-25,44H,22H2. The Kier molecular flexibility index (Phi) is 5.75. The number of fused-ring (bicyclic) bond motifs is 7. The highest BCUT2D eigenvalue weighted by Crippen LogP contribution is 2.46. The average Bonchev–Trinajstić information content (AvgIpc) is 3.89. The summed E-state index contributed by atoms with van der Waals surface area (Å²) in [6, 6.07) is 51.4. The number of benzene rings is 6. The molecule has 0 atom stereocenters. The van der Waals surface area contributed by atoms with Crippen molar-refractivity contribution in [2.24, 2.45) is 0 Å². The lowest BCUT2D eigenvalue weighted by atomic mass is 9.99. The fourth-order valence-corrected chi connectivity index (χ4v) is 9.69. The molecule has 0 bridgehead atoms. The van der Waals surface area contributed by atoms with Crippen LogP contribution in [0.15, 0.2) is 140 Å². The number of allylic oxidation sites excluding steroid dienone is 1. The van der Waals surface area contributed by atoms with Crippen LogP contribution in [0.3, 0.4) is 0 Å². The Morgan fingerprint density at radius 1 is 0.478 bits per heavy atom. The molecule has 0 spiro atoms. The molecule has 0 radical (unpaired) electrons. The third-order valence-electron chi connectivity index (χ3n) is 9.49. The van der Waals surface area contributed by atoms with E-state index in [1.165, 1.54) is 90.6 Å². The number of aromatic nitrogens is 1. The predicted molar refractivity (Wildman–Crippen MR) is 201 cm³/mol. The van der Waals surface area contributed by atoms with Gasteiger partial charge in [-0.25, -0.2) is 0 Å². The van der Waals surface area contributed by atoms with E-state index in [-0.39, 0.29) is 0 Å². The van der Waals surface area contributed by atoms with Crippen molar-refractivity contribution in [3.8, 4) is 33.5 Å². The maximum absolute atomic E-state index is 3.56. The van der Waals surface area contributed by atoms with Gasteiger partial charge in [0.05, 0.1) is 9.40 Å². The summed E-state index contributed by atoms with van der Waals surface area (Å²) < 4.78 is 5.50. The molecule has 1 aliphatic rings. The van der Waals surface area contributed by atoms with Gasteiger partial charge in [-0.1, -0.05) is 115 Å². The quantitative estimate of drug-likeness (QED) is 0.201. The zero-order chi connectivity index (χ0) is 30.2. The Balaban J connectivity index is 0.962. The van der Waals surface area contributed by atoms with Crippen LogP contribution in [0.25, 0.3) is 85.6 Å². The number of thiophene rings is 2. The molecule has 216 valence electrons. The van der Waals surface area contributed by atoms with Crippen LogP contribution in [0.1, 0.15) is 16.7 Å². The van der Waals surface area contributed by atoms with Crippen LogP contribution in [0.2, 0.25) is 0 Å². The molecule has 1 N–H and O–H groups in total. The first-order valence-electron chi connectivity index (χ1n) is 15.7. The summed E-state index contributed by atoms with van der Waals surface area (Å²) in [6.45, 7) is 0. The van der Waals surface area contributed by atoms with Crippen molar-refractivity contribution in [2.45, 2.75) is 6.42 Å². The maximum Gasteiger partial charge on any atom is 0.0542 e. The Hall–Kier alpha value is -5.22. The minimum absolute atomic E-state index is 1.01. The fraction of sp³-hybridized carbons (Fsp3) is 0.0233. The first-order valence-corrected chi connectivity index (χ1v) is 17.3. The molecule has 0 amide bonds. The summed E-state index contributed by atoms with van der Waals surface area (Å²) in [5.74, 6) is 0. The first-order chi connectivity index (χ1) is 22.7. The summed E-state index contributed by atoms with van der Waals surface area (Å²) >= 11 is 3.84. The van der Waals surface area contributed by atoms with Gasteiger partial charge < -0.3 is 4.98 Å². The van der Waals surface area contributed by atoms with Crippen LogP contribution in [0.4, 0.5) is 0 Å². The second kappa shape index (κ2) is 10.1. The molecule has 0 fully saturated rings. The van der Waals surface area contributed by atoms with Crippen molar-refractivity contribution in [3.63, 3.8) is 0 Å². The number of para-hydroxylation sites is 1. The molecule has 3 aromatic heterocycles. The summed E-state index contributed by atoms with van der Waals surface area (Å²) in [5.41, 5.74) is 14.1. The zero-order valence-corrected chi connectivity index (χ0v) is 26.5. The van der Waals surface area contributed by atoms with Crippen molar-refractivity contribution in [2.75, 3.05) is 0 Å². The highest BCUT2D eigenvalue weighted by Gasteiger charge is 2.16. The Labute approximate surface area is 274 Å². The highest BCUT2D eigenvalue weighted by atomic mass is 32.1. The van der Waals surface area contributed by atoms with Gasteiger partial charge >= 0.3 is 0 Å². The average molecular weight is 622 g/mol. The lowest BCUT2D eigenvalue weighted by Gasteiger charge is -2.06. The smallest absolute Gasteiger partial charge is 0.0542 e. The van der Waals surface area contributed by atoms with Crippen LogP contribution >= 0.6 is 22.7 Å². The summed E-state index contributed by atoms with van der Waals surface area (Å²) in [4.78, 5) is 3.56. The highest BCUT2D eigenvalue weighted by molar-refractivity contribution is 7.36. The van der Waals surface area contributed by atoms with E-state index in [0.29, 0.717) is 0 Å². The molecule has 0 saturated heterocycles. The van der Waals surface area contributed by atoms with E-state index < -0.39 is 0 Å². The minimum atomic E-state index is 1.01. The zero-order valence-electron chi connectivity index (χ0n) is 24.9. The largest absolute Gasteiger partial charge is 0.355 e. The van der Waals surface area contributed by atoms with Gasteiger partial charge in [0, 0.05) is 36.8 Å². The van der Waals surface area contributed by atoms with E-state index in [2.05, 4.69) is 151 Å². The van der Waals surface area contributed by atoms with Crippen molar-refractivity contribution >= 4 is 74.8 Å². The monoisotopic (exact) mass is 621 g/mol. The van der Waals surface area contributed by atoms with Crippen molar-refractivity contribution in [1.82, 2.24) is 4.98 Å². The topological polar surface area (TPSA) is 15.8 Å². The third-order valence-corrected chi connectivity index (χ3v) is 12.0. The van der Waals surface area contributed by atoms with E-state index in [4.69, 9.17) is 0 Å². The second-order valence-corrected chi connectivity index (χ2v) is 14.4. The van der Waals surface area contributed by atoms with Crippen molar-refractivity contribution < 1.29 is 0 Å². The van der Waals surface area contributed by atoms with Crippen LogP contribution in [-0.4, -0.2) is 4.98 Å². The predicted octanol–water partition coefficient (Wildman–Crippen LogP) is 12.8. The molecule has 9 aromatic rings. The summed E-state index contributed by atoms with van der Waals surface area (Å²) in [5, 5.41) is 3.96. The van der Waals surface area contributed by atoms with Gasteiger partial charge in [-0.2, -0.15) is 0 Å². The Morgan fingerprint density at radius 3 is 1.96 bits per heavy atom. The normalized spacial score (nSPS) is 12.8. The lowest BCUT2D eigenvalue weighted by Crippen LogP contribution is -1.86. The number of aromatic amines is 1. The Bertz CT molecular complexity index is 2610. The van der Waals surface area contributed by atoms with E-state index >= 15 is 0 Å². The van der Waals surface area contributed by atoms with Gasteiger partial charge in [-0.05, 0) is 86.8 Å². The fourth-order valence-electron chi connectivity index (χ4n) is 7.03. The molecule has 10 rings (SSSR count). The number of hydrogen-bond donors (Lipinski definition) is 1. The molecule has 1 nitrogen and oxygen atoms in total. The van der Waals surface area contributed by atoms with Gasteiger partial charge in [0.1, 0.15) is 0 Å². The molecular weight excluding hydrogens is 595 g/mol. The van der Waals surface area contributed by atoms with Crippen LogP contribution < -0.4 is 0 Å². The molecular formula is C43H27NS2. The van der Waals surface area contributed by atoms with E-state index in [9.17, 15) is 0 Å². The SMILES string of the molecule is C1=C(c2ccc(-c3ccc4c(c3)sc3c5cc(-c6ccc(-c7cc8ccccc8[nH]7)cc6)ccc5sc43)cc2)Cc2ccccc21. The van der Waals surface area contributed by atoms with Crippen molar-refractivity contribution in [1.29, 1.82) is 0 Å². The lowest BCUT2D eigenvalue weighted by molar-refractivity contribution is 1.32. The third kappa shape index (κ3) is 4.20. The van der Waals surface area contributed by atoms with Gasteiger partial charge in [0.2, 0.25) is 0 Å². The molecule has 3 heteroatoms. The van der Waals surface area contributed by atoms with Gasteiger partial charge in [-0.15, -0.1) is 22.7 Å². The van der Waals surface area contributed by atoms with Crippen LogP contribution in [-0.2, 0) is 6.42 Å². The van der Waals surface area contributed by atoms with Crippen LogP contribution in [0, 0.1) is 0 Å². The van der Waals surface area contributed by atoms with Gasteiger partial charge in [0.15, 0.2) is 0 Å². The first kappa shape index (κ1) is 26.0. The van der Waals surface area contributed by atoms with Crippen molar-refractivity contribution in [3.05, 3.63) is 156 Å². The van der Waals surface area contributed by atoms with Gasteiger partial charge in [-0.3, -0.25) is 0 Å². The number of hydrogen-bond acceptors (Lipinski definition) is 2. The van der Waals surface area contributed by atoms with E-state index in [1.807, 2.05) is 22.7 Å². The summed E-state index contributed by atoms with van der Waals surface area (Å²) in [7, 11) is 0. The molecule has 46 heavy (non-hydrogen) atoms. The van der Waals surface area contributed by atoms with E-state index in [0.717, 1.165) is 12.1 Å². The number of rotatable bonds is 4. The molecule has 0 saturated carbocycles. The van der Waals surface area contributed by atoms with E-state index in [1.54, 1.807) is 0 Å². The Morgan fingerprint density at radius 2 is 1.13 bits per heavy atom. The summed E-state index contributed by atoms with van der Waals surface area (Å²) in [6.07, 6.45) is 3.35. The molecule has 3 heterocycles. The second-order valence-electron chi connectivity index (χ2n) is 12.3. The number of nitrogens with one attached hydrogen (secondary N) is 1. The molecule has 1 aliphatic carbocycles. The minimum Gasteiger partial charge on any atom is -0.355 e. The molecule has 0 unspecified atom stereocenters. The number of H-pyrrole nitrogens is 1. The molecule has 6 aromatic carbocycles. The van der Waals surface area contributed by atoms with Crippen LogP contribution in [0.5, 0.6) is 0 Å². The van der Waals surface area contributed by atoms with Gasteiger partial charge in [0.25, 0.3) is 0 Å². The molecule has 0 aliphatic heterocycles.